The summed E-state index contributed by atoms with van der Waals surface area (Å²) in [6, 6.07) is 0.373. The smallest absolute Gasteiger partial charge is 0.224 e. The van der Waals surface area contributed by atoms with Crippen LogP contribution >= 0.6 is 0 Å². The second-order valence-corrected chi connectivity index (χ2v) is 5.22. The van der Waals surface area contributed by atoms with Gasteiger partial charge < -0.3 is 5.32 Å². The Morgan fingerprint density at radius 2 is 2.11 bits per heavy atom. The molecule has 0 radical (unpaired) electrons. The van der Waals surface area contributed by atoms with E-state index in [-0.39, 0.29) is 11.8 Å². The van der Waals surface area contributed by atoms with Crippen LogP contribution < -0.4 is 5.32 Å². The zero-order valence-electron chi connectivity index (χ0n) is 11.0. The number of carbonyl (C=O) groups is 1. The first-order valence-electron chi connectivity index (χ1n) is 6.88. The average Bonchev–Trinajstić information content (AvgIpc) is 2.72. The van der Waals surface area contributed by atoms with E-state index in [1.165, 1.54) is 32.0 Å². The van der Waals surface area contributed by atoms with Crippen LogP contribution in [0.4, 0.5) is 0 Å². The van der Waals surface area contributed by atoms with Crippen molar-refractivity contribution in [2.24, 2.45) is 5.92 Å². The molecular weight excluding hydrogens is 228 g/mol. The summed E-state index contributed by atoms with van der Waals surface area (Å²) in [5, 5.41) is 7.20. The summed E-state index contributed by atoms with van der Waals surface area (Å²) in [4.78, 5) is 16.0. The van der Waals surface area contributed by atoms with Gasteiger partial charge in [0.25, 0.3) is 0 Å². The van der Waals surface area contributed by atoms with Crippen molar-refractivity contribution in [1.29, 1.82) is 0 Å². The number of hydrogen-bond donors (Lipinski definition) is 1. The maximum absolute atomic E-state index is 12.1. The molecule has 1 N–H and O–H groups in total. The Morgan fingerprint density at radius 1 is 1.39 bits per heavy atom. The van der Waals surface area contributed by atoms with Gasteiger partial charge in [-0.05, 0) is 12.8 Å². The summed E-state index contributed by atoms with van der Waals surface area (Å²) >= 11 is 0. The number of amides is 1. The quantitative estimate of drug-likeness (QED) is 0.828. The lowest BCUT2D eigenvalue weighted by molar-refractivity contribution is -0.125. The molecular formula is C13H22N4O. The Morgan fingerprint density at radius 3 is 2.72 bits per heavy atom. The molecule has 1 fully saturated rings. The fourth-order valence-electron chi connectivity index (χ4n) is 2.46. The van der Waals surface area contributed by atoms with Crippen LogP contribution in [0.3, 0.4) is 0 Å². The van der Waals surface area contributed by atoms with Crippen LogP contribution in [0.2, 0.25) is 0 Å². The summed E-state index contributed by atoms with van der Waals surface area (Å²) in [5.41, 5.74) is 0. The van der Waals surface area contributed by atoms with Crippen LogP contribution in [0, 0.1) is 5.92 Å². The summed E-state index contributed by atoms with van der Waals surface area (Å²) in [6.45, 7) is 2.53. The molecule has 1 heterocycles. The van der Waals surface area contributed by atoms with Crippen LogP contribution in [-0.4, -0.2) is 26.7 Å². The third-order valence-electron chi connectivity index (χ3n) is 3.58. The van der Waals surface area contributed by atoms with Crippen molar-refractivity contribution in [3.8, 4) is 0 Å². The van der Waals surface area contributed by atoms with Gasteiger partial charge in [-0.1, -0.05) is 32.6 Å². The van der Waals surface area contributed by atoms with Gasteiger partial charge in [-0.25, -0.2) is 4.98 Å². The first kappa shape index (κ1) is 13.1. The van der Waals surface area contributed by atoms with E-state index in [2.05, 4.69) is 15.4 Å². The van der Waals surface area contributed by atoms with Gasteiger partial charge in [0.15, 0.2) is 0 Å². The molecule has 0 spiro atoms. The summed E-state index contributed by atoms with van der Waals surface area (Å²) < 4.78 is 1.71. The lowest BCUT2D eigenvalue weighted by Crippen LogP contribution is -2.39. The molecule has 0 aromatic carbocycles. The maximum Gasteiger partial charge on any atom is 0.224 e. The highest BCUT2D eigenvalue weighted by molar-refractivity contribution is 5.78. The molecule has 1 unspecified atom stereocenters. The minimum Gasteiger partial charge on any atom is -0.353 e. The number of aromatic nitrogens is 3. The Hall–Kier alpha value is -1.39. The fraction of sp³-hybridized carbons (Fsp3) is 0.769. The molecule has 0 aliphatic heterocycles. The molecule has 18 heavy (non-hydrogen) atoms. The fourth-order valence-corrected chi connectivity index (χ4v) is 2.46. The molecule has 2 rings (SSSR count). The normalized spacial score (nSPS) is 19.2. The third-order valence-corrected chi connectivity index (χ3v) is 3.58. The first-order chi connectivity index (χ1) is 8.75. The van der Waals surface area contributed by atoms with Gasteiger partial charge in [0, 0.05) is 6.04 Å². The Labute approximate surface area is 108 Å². The van der Waals surface area contributed by atoms with Crippen molar-refractivity contribution in [3.05, 3.63) is 12.7 Å². The molecule has 1 aliphatic carbocycles. The number of nitrogens with zero attached hydrogens (tertiary/aromatic N) is 3. The SMILES string of the molecule is CC(Cn1cncn1)C(=O)NC1CCCCCC1. The van der Waals surface area contributed by atoms with Crippen LogP contribution in [0.15, 0.2) is 12.7 Å². The molecule has 0 saturated heterocycles. The largest absolute Gasteiger partial charge is 0.353 e. The zero-order chi connectivity index (χ0) is 12.8. The molecule has 1 amide bonds. The van der Waals surface area contributed by atoms with E-state index in [1.807, 2.05) is 6.92 Å². The van der Waals surface area contributed by atoms with Gasteiger partial charge in [-0.2, -0.15) is 5.10 Å². The third kappa shape index (κ3) is 3.82. The molecule has 5 heteroatoms. The zero-order valence-corrected chi connectivity index (χ0v) is 11.0. The van der Waals surface area contributed by atoms with Crippen molar-refractivity contribution in [3.63, 3.8) is 0 Å². The van der Waals surface area contributed by atoms with E-state index in [0.717, 1.165) is 12.8 Å². The number of rotatable bonds is 4. The molecule has 0 bridgehead atoms. The number of hydrogen-bond acceptors (Lipinski definition) is 3. The Kier molecular flexibility index (Phi) is 4.73. The monoisotopic (exact) mass is 250 g/mol. The summed E-state index contributed by atoms with van der Waals surface area (Å²) in [5.74, 6) is 0.0763. The van der Waals surface area contributed by atoms with Crippen molar-refractivity contribution in [2.75, 3.05) is 0 Å². The molecule has 1 aliphatic rings. The van der Waals surface area contributed by atoms with E-state index in [0.29, 0.717) is 12.6 Å². The van der Waals surface area contributed by atoms with Crippen molar-refractivity contribution >= 4 is 5.91 Å². The highest BCUT2D eigenvalue weighted by Crippen LogP contribution is 2.17. The minimum absolute atomic E-state index is 0.0602. The Bertz CT molecular complexity index is 355. The van der Waals surface area contributed by atoms with Crippen LogP contribution in [0.5, 0.6) is 0 Å². The lowest BCUT2D eigenvalue weighted by atomic mass is 10.1. The van der Waals surface area contributed by atoms with Crippen LogP contribution in [-0.2, 0) is 11.3 Å². The van der Waals surface area contributed by atoms with Crippen molar-refractivity contribution < 1.29 is 4.79 Å². The molecule has 1 atom stereocenters. The summed E-state index contributed by atoms with van der Waals surface area (Å²) in [7, 11) is 0. The van der Waals surface area contributed by atoms with Gasteiger partial charge in [0.2, 0.25) is 5.91 Å². The van der Waals surface area contributed by atoms with Gasteiger partial charge in [0.1, 0.15) is 12.7 Å². The predicted octanol–water partition coefficient (Wildman–Crippen LogP) is 1.75. The molecule has 5 nitrogen and oxygen atoms in total. The van der Waals surface area contributed by atoms with Crippen molar-refractivity contribution in [2.45, 2.75) is 58.0 Å². The Balaban J connectivity index is 1.79. The standard InChI is InChI=1S/C13H22N4O/c1-11(8-17-10-14-9-15-17)13(18)16-12-6-4-2-3-5-7-12/h9-12H,2-8H2,1H3,(H,16,18). The van der Waals surface area contributed by atoms with Gasteiger partial charge in [-0.15, -0.1) is 0 Å². The maximum atomic E-state index is 12.1. The van der Waals surface area contributed by atoms with Crippen LogP contribution in [0.25, 0.3) is 0 Å². The topological polar surface area (TPSA) is 59.8 Å². The van der Waals surface area contributed by atoms with E-state index < -0.39 is 0 Å². The number of carbonyl (C=O) groups excluding carboxylic acids is 1. The molecule has 1 aromatic rings. The van der Waals surface area contributed by atoms with Gasteiger partial charge in [0.05, 0.1) is 12.5 Å². The number of nitrogens with one attached hydrogen (secondary N) is 1. The van der Waals surface area contributed by atoms with Crippen LogP contribution in [0.1, 0.15) is 45.4 Å². The molecule has 1 saturated carbocycles. The van der Waals surface area contributed by atoms with Gasteiger partial charge in [-0.3, -0.25) is 9.48 Å². The minimum atomic E-state index is -0.0602. The van der Waals surface area contributed by atoms with E-state index in [4.69, 9.17) is 0 Å². The second-order valence-electron chi connectivity index (χ2n) is 5.22. The second kappa shape index (κ2) is 6.52. The van der Waals surface area contributed by atoms with Gasteiger partial charge >= 0.3 is 0 Å². The lowest BCUT2D eigenvalue weighted by Gasteiger charge is -2.19. The van der Waals surface area contributed by atoms with E-state index >= 15 is 0 Å². The predicted molar refractivity (Wildman–Crippen MR) is 68.8 cm³/mol. The van der Waals surface area contributed by atoms with E-state index in [1.54, 1.807) is 11.0 Å². The van der Waals surface area contributed by atoms with E-state index in [9.17, 15) is 4.79 Å². The highest BCUT2D eigenvalue weighted by atomic mass is 16.1. The first-order valence-corrected chi connectivity index (χ1v) is 6.88. The summed E-state index contributed by atoms with van der Waals surface area (Å²) in [6.07, 6.45) is 10.5. The molecule has 1 aromatic heterocycles. The average molecular weight is 250 g/mol. The van der Waals surface area contributed by atoms with Crippen molar-refractivity contribution in [1.82, 2.24) is 20.1 Å². The highest BCUT2D eigenvalue weighted by Gasteiger charge is 2.19. The molecule has 100 valence electrons.